The Morgan fingerprint density at radius 3 is 1.49 bits per heavy atom. The van der Waals surface area contributed by atoms with Crippen LogP contribution in [0.4, 0.5) is 0 Å². The van der Waals surface area contributed by atoms with Crippen LogP contribution in [0.25, 0.3) is 18.2 Å². The Bertz CT molecular complexity index is 1320. The lowest BCUT2D eigenvalue weighted by molar-refractivity contribution is -0.116. The molecule has 190 valence electrons. The molecule has 0 unspecified atom stereocenters. The zero-order valence-corrected chi connectivity index (χ0v) is 20.5. The van der Waals surface area contributed by atoms with Gasteiger partial charge in [0.25, 0.3) is 0 Å². The Morgan fingerprint density at radius 1 is 0.595 bits per heavy atom. The van der Waals surface area contributed by atoms with Crippen LogP contribution in [0.5, 0.6) is 34.5 Å². The molecular weight excluding hydrogens is 476 g/mol. The van der Waals surface area contributed by atoms with E-state index >= 15 is 0 Å². The Morgan fingerprint density at radius 2 is 1.05 bits per heavy atom. The lowest BCUT2D eigenvalue weighted by Gasteiger charge is -2.06. The molecule has 0 aliphatic carbocycles. The minimum Gasteiger partial charge on any atom is -0.504 e. The molecule has 0 fully saturated rings. The SMILES string of the molecule is COc1ccc(C=C(C(=O)/C=C/c2ccc(O)c(OC)c2)C(=O)/C=C/c2ccc(O)c(OC)c2)cc1O. The van der Waals surface area contributed by atoms with E-state index in [4.69, 9.17) is 14.2 Å². The zero-order valence-electron chi connectivity index (χ0n) is 20.5. The van der Waals surface area contributed by atoms with Crippen molar-refractivity contribution < 1.29 is 39.1 Å². The van der Waals surface area contributed by atoms with Crippen molar-refractivity contribution in [3.8, 4) is 34.5 Å². The van der Waals surface area contributed by atoms with Gasteiger partial charge in [-0.25, -0.2) is 0 Å². The number of phenolic OH excluding ortho intramolecular Hbond substituents is 3. The first-order valence-corrected chi connectivity index (χ1v) is 11.0. The molecule has 0 saturated heterocycles. The largest absolute Gasteiger partial charge is 0.504 e. The van der Waals surface area contributed by atoms with Gasteiger partial charge in [0, 0.05) is 0 Å². The molecule has 0 aliphatic rings. The maximum absolute atomic E-state index is 13.1. The summed E-state index contributed by atoms with van der Waals surface area (Å²) in [5.41, 5.74) is 1.40. The van der Waals surface area contributed by atoms with Crippen molar-refractivity contribution in [2.45, 2.75) is 0 Å². The molecule has 0 aliphatic heterocycles. The van der Waals surface area contributed by atoms with E-state index < -0.39 is 11.6 Å². The average molecular weight is 503 g/mol. The van der Waals surface area contributed by atoms with Crippen LogP contribution in [0.2, 0.25) is 0 Å². The topological polar surface area (TPSA) is 123 Å². The molecule has 0 heterocycles. The van der Waals surface area contributed by atoms with Gasteiger partial charge in [-0.05, 0) is 71.3 Å². The number of ketones is 2. The maximum Gasteiger partial charge on any atom is 0.189 e. The van der Waals surface area contributed by atoms with Crippen LogP contribution >= 0.6 is 0 Å². The predicted octanol–water partition coefficient (Wildman–Crippen LogP) is 4.78. The number of ether oxygens (including phenoxy) is 3. The molecule has 37 heavy (non-hydrogen) atoms. The van der Waals surface area contributed by atoms with Crippen LogP contribution in [0.1, 0.15) is 16.7 Å². The van der Waals surface area contributed by atoms with Gasteiger partial charge in [0.05, 0.1) is 26.9 Å². The fraction of sp³-hybridized carbons (Fsp3) is 0.103. The Hall–Kier alpha value is -4.98. The van der Waals surface area contributed by atoms with Crippen molar-refractivity contribution >= 4 is 29.8 Å². The number of rotatable bonds is 10. The molecule has 0 atom stereocenters. The van der Waals surface area contributed by atoms with Crippen molar-refractivity contribution in [2.24, 2.45) is 0 Å². The third kappa shape index (κ3) is 6.79. The smallest absolute Gasteiger partial charge is 0.189 e. The second-order valence-electron chi connectivity index (χ2n) is 7.75. The van der Waals surface area contributed by atoms with Crippen molar-refractivity contribution in [3.05, 3.63) is 89.0 Å². The molecule has 0 spiro atoms. The summed E-state index contributed by atoms with van der Waals surface area (Å²) >= 11 is 0. The Kier molecular flexibility index (Phi) is 8.72. The van der Waals surface area contributed by atoms with Gasteiger partial charge >= 0.3 is 0 Å². The lowest BCUT2D eigenvalue weighted by Crippen LogP contribution is -2.08. The van der Waals surface area contributed by atoms with Gasteiger partial charge in [-0.3, -0.25) is 9.59 Å². The zero-order chi connectivity index (χ0) is 26.9. The second-order valence-corrected chi connectivity index (χ2v) is 7.75. The summed E-state index contributed by atoms with van der Waals surface area (Å²) in [6, 6.07) is 13.6. The van der Waals surface area contributed by atoms with Crippen molar-refractivity contribution in [3.63, 3.8) is 0 Å². The van der Waals surface area contributed by atoms with Crippen LogP contribution in [0.15, 0.2) is 72.3 Å². The van der Waals surface area contributed by atoms with Crippen LogP contribution in [0, 0.1) is 0 Å². The van der Waals surface area contributed by atoms with E-state index in [-0.39, 0.29) is 40.1 Å². The molecule has 8 nitrogen and oxygen atoms in total. The molecule has 3 N–H and O–H groups in total. The first-order chi connectivity index (χ1) is 17.7. The van der Waals surface area contributed by atoms with Crippen LogP contribution in [-0.2, 0) is 9.59 Å². The molecule has 0 bridgehead atoms. The summed E-state index contributed by atoms with van der Waals surface area (Å²) in [4.78, 5) is 26.2. The average Bonchev–Trinajstić information content (AvgIpc) is 2.90. The van der Waals surface area contributed by atoms with E-state index in [0.717, 1.165) is 0 Å². The minimum atomic E-state index is -0.583. The van der Waals surface area contributed by atoms with Gasteiger partial charge in [0.15, 0.2) is 46.1 Å². The molecule has 3 aromatic carbocycles. The van der Waals surface area contributed by atoms with Crippen molar-refractivity contribution in [2.75, 3.05) is 21.3 Å². The highest BCUT2D eigenvalue weighted by Gasteiger charge is 2.15. The standard InChI is InChI=1S/C29H26O8/c1-35-27-13-8-20(15-26(27)34)14-21(22(30)9-4-18-6-11-24(32)28(16-18)36-2)23(31)10-5-19-7-12-25(33)29(17-19)37-3/h4-17,32-34H,1-3H3/b9-4+,10-5+. The number of aromatic hydroxyl groups is 3. The van der Waals surface area contributed by atoms with E-state index in [9.17, 15) is 24.9 Å². The molecule has 8 heteroatoms. The van der Waals surface area contributed by atoms with Gasteiger partial charge < -0.3 is 29.5 Å². The molecule has 0 aromatic heterocycles. The fourth-order valence-corrected chi connectivity index (χ4v) is 3.35. The maximum atomic E-state index is 13.1. The first kappa shape index (κ1) is 26.6. The number of hydrogen-bond donors (Lipinski definition) is 3. The number of allylic oxidation sites excluding steroid dienone is 3. The van der Waals surface area contributed by atoms with Crippen LogP contribution in [-0.4, -0.2) is 48.2 Å². The number of phenols is 3. The van der Waals surface area contributed by atoms with Gasteiger partial charge in [-0.1, -0.05) is 30.4 Å². The summed E-state index contributed by atoms with van der Waals surface area (Å²) in [6.45, 7) is 0. The van der Waals surface area contributed by atoms with Gasteiger partial charge in [0.2, 0.25) is 0 Å². The summed E-state index contributed by atoms with van der Waals surface area (Å²) in [5.74, 6) is -0.674. The number of benzene rings is 3. The van der Waals surface area contributed by atoms with E-state index in [1.807, 2.05) is 0 Å². The fourth-order valence-electron chi connectivity index (χ4n) is 3.35. The number of carbonyl (C=O) groups excluding carboxylic acids is 2. The third-order valence-corrected chi connectivity index (χ3v) is 5.31. The van der Waals surface area contributed by atoms with Crippen molar-refractivity contribution in [1.82, 2.24) is 0 Å². The molecule has 0 amide bonds. The normalized spacial score (nSPS) is 10.9. The summed E-state index contributed by atoms with van der Waals surface area (Å²) in [7, 11) is 4.23. The predicted molar refractivity (Wildman–Crippen MR) is 140 cm³/mol. The Balaban J connectivity index is 1.96. The highest BCUT2D eigenvalue weighted by atomic mass is 16.5. The van der Waals surface area contributed by atoms with E-state index in [1.165, 1.54) is 76.0 Å². The third-order valence-electron chi connectivity index (χ3n) is 5.31. The molecule has 3 aromatic rings. The molecule has 3 rings (SSSR count). The highest BCUT2D eigenvalue weighted by Crippen LogP contribution is 2.29. The van der Waals surface area contributed by atoms with E-state index in [2.05, 4.69) is 0 Å². The Labute approximate surface area is 214 Å². The first-order valence-electron chi connectivity index (χ1n) is 11.0. The quantitative estimate of drug-likeness (QED) is 0.206. The number of methoxy groups -OCH3 is 3. The second kappa shape index (κ2) is 12.1. The van der Waals surface area contributed by atoms with E-state index in [1.54, 1.807) is 30.3 Å². The summed E-state index contributed by atoms with van der Waals surface area (Å²) in [5, 5.41) is 29.7. The number of hydrogen-bond acceptors (Lipinski definition) is 8. The van der Waals surface area contributed by atoms with Crippen LogP contribution in [0.3, 0.4) is 0 Å². The van der Waals surface area contributed by atoms with Gasteiger partial charge in [0.1, 0.15) is 0 Å². The van der Waals surface area contributed by atoms with Gasteiger partial charge in [-0.2, -0.15) is 0 Å². The van der Waals surface area contributed by atoms with Gasteiger partial charge in [-0.15, -0.1) is 0 Å². The molecule has 0 radical (unpaired) electrons. The minimum absolute atomic E-state index is 0.0444. The lowest BCUT2D eigenvalue weighted by atomic mass is 10.0. The monoisotopic (exact) mass is 502 g/mol. The molecule has 0 saturated carbocycles. The molecular formula is C29H26O8. The van der Waals surface area contributed by atoms with Crippen LogP contribution < -0.4 is 14.2 Å². The van der Waals surface area contributed by atoms with E-state index in [0.29, 0.717) is 16.7 Å². The summed E-state index contributed by atoms with van der Waals surface area (Å²) in [6.07, 6.45) is 6.82. The number of carbonyl (C=O) groups is 2. The van der Waals surface area contributed by atoms with Crippen molar-refractivity contribution in [1.29, 1.82) is 0 Å². The summed E-state index contributed by atoms with van der Waals surface area (Å²) < 4.78 is 15.2. The highest BCUT2D eigenvalue weighted by molar-refractivity contribution is 6.31.